The molecule has 144 valence electrons. The van der Waals surface area contributed by atoms with Crippen LogP contribution in [-0.4, -0.2) is 78.7 Å². The van der Waals surface area contributed by atoms with Gasteiger partial charge in [0.2, 0.25) is 0 Å². The third-order valence-electron chi connectivity index (χ3n) is 4.14. The number of halogens is 1. The van der Waals surface area contributed by atoms with Crippen LogP contribution < -0.4 is 10.2 Å². The van der Waals surface area contributed by atoms with E-state index in [4.69, 9.17) is 11.6 Å². The number of amides is 3. The van der Waals surface area contributed by atoms with Crippen molar-refractivity contribution in [3.05, 3.63) is 51.2 Å². The minimum absolute atomic E-state index is 0. The molecule has 1 aliphatic rings. The predicted molar refractivity (Wildman–Crippen MR) is 116 cm³/mol. The number of hydrogen-bond donors (Lipinski definition) is 2. The number of rotatable bonds is 5. The minimum atomic E-state index is -0.566. The molecule has 0 bridgehead atoms. The van der Waals surface area contributed by atoms with E-state index >= 15 is 0 Å². The summed E-state index contributed by atoms with van der Waals surface area (Å²) in [5, 5.41) is 15.6. The summed E-state index contributed by atoms with van der Waals surface area (Å²) >= 11 is 7.40. The molecule has 6 nitrogen and oxygen atoms in total. The first-order valence-corrected chi connectivity index (χ1v) is 9.70. The standard InChI is InChI=1S/C19H20ClN3O3S.Na.H/c1-22(2)9-4-8-21-19(26)23-14-7-6-12(20)11-13(14)16(18(23)25)17(24)15-5-3-10-27-15;;/h3,5-7,10-11,24H,4,8-9H2,1-2H3,(H,21,26);;/b17-16-;;. The number of nitrogens with one attached hydrogen (secondary N) is 1. The fourth-order valence-corrected chi connectivity index (χ4v) is 3.72. The number of benzene rings is 1. The van der Waals surface area contributed by atoms with Gasteiger partial charge in [-0.05, 0) is 56.7 Å². The molecule has 0 radical (unpaired) electrons. The number of nitrogens with zero attached hydrogens (tertiary/aromatic N) is 2. The second-order valence-corrected chi connectivity index (χ2v) is 7.78. The summed E-state index contributed by atoms with van der Waals surface area (Å²) in [6.07, 6.45) is 0.761. The van der Waals surface area contributed by atoms with E-state index in [-0.39, 0.29) is 40.9 Å². The molecule has 0 spiro atoms. The molecule has 28 heavy (non-hydrogen) atoms. The van der Waals surface area contributed by atoms with Crippen molar-refractivity contribution in [2.75, 3.05) is 32.1 Å². The summed E-state index contributed by atoms with van der Waals surface area (Å²) in [5.74, 6) is -0.718. The van der Waals surface area contributed by atoms with Crippen molar-refractivity contribution in [1.82, 2.24) is 10.2 Å². The van der Waals surface area contributed by atoms with Gasteiger partial charge in [0, 0.05) is 17.1 Å². The summed E-state index contributed by atoms with van der Waals surface area (Å²) in [4.78, 5) is 29.3. The number of urea groups is 1. The van der Waals surface area contributed by atoms with Crippen LogP contribution >= 0.6 is 22.9 Å². The maximum absolute atomic E-state index is 13.0. The van der Waals surface area contributed by atoms with Crippen LogP contribution in [0.4, 0.5) is 10.5 Å². The molecule has 0 saturated carbocycles. The maximum atomic E-state index is 13.0. The zero-order chi connectivity index (χ0) is 19.6. The molecule has 0 unspecified atom stereocenters. The van der Waals surface area contributed by atoms with Crippen LogP contribution in [0.25, 0.3) is 11.3 Å². The van der Waals surface area contributed by atoms with E-state index in [2.05, 4.69) is 5.32 Å². The molecular weight excluding hydrogens is 409 g/mol. The number of carbonyl (C=O) groups excluding carboxylic acids is 2. The van der Waals surface area contributed by atoms with Crippen LogP contribution in [0, 0.1) is 0 Å². The molecule has 9 heteroatoms. The average molecular weight is 430 g/mol. The fourth-order valence-electron chi connectivity index (χ4n) is 2.88. The number of imide groups is 1. The van der Waals surface area contributed by atoms with Crippen LogP contribution in [-0.2, 0) is 4.79 Å². The summed E-state index contributed by atoms with van der Waals surface area (Å²) in [7, 11) is 3.91. The van der Waals surface area contributed by atoms with Crippen LogP contribution in [0.3, 0.4) is 0 Å². The van der Waals surface area contributed by atoms with Crippen molar-refractivity contribution < 1.29 is 14.7 Å². The Morgan fingerprint density at radius 3 is 2.71 bits per heavy atom. The van der Waals surface area contributed by atoms with Crippen LogP contribution in [0.15, 0.2) is 35.7 Å². The Hall–Kier alpha value is -1.35. The van der Waals surface area contributed by atoms with E-state index in [0.29, 0.717) is 27.7 Å². The number of hydrogen-bond acceptors (Lipinski definition) is 5. The van der Waals surface area contributed by atoms with Crippen molar-refractivity contribution in [3.63, 3.8) is 0 Å². The molecule has 2 N–H and O–H groups in total. The molecular formula is C19H21ClN3NaO3S. The summed E-state index contributed by atoms with van der Waals surface area (Å²) < 4.78 is 0. The first kappa shape index (κ1) is 22.9. The number of carbonyl (C=O) groups is 2. The Kier molecular flexibility index (Phi) is 8.12. The molecule has 1 aromatic heterocycles. The third kappa shape index (κ3) is 4.79. The Morgan fingerprint density at radius 1 is 1.32 bits per heavy atom. The molecule has 3 amide bonds. The summed E-state index contributed by atoms with van der Waals surface area (Å²) in [5.41, 5.74) is 0.938. The van der Waals surface area contributed by atoms with Crippen LogP contribution in [0.1, 0.15) is 16.9 Å². The molecule has 2 aromatic rings. The SMILES string of the molecule is CN(C)CCCNC(=O)N1C(=O)/C(=C(\O)c2cccs2)c2cc(Cl)ccc21.[NaH]. The van der Waals surface area contributed by atoms with E-state index in [1.807, 2.05) is 19.0 Å². The number of aliphatic hydroxyl groups is 1. The molecule has 1 aromatic carbocycles. The normalized spacial score (nSPS) is 14.7. The Bertz CT molecular complexity index is 900. The van der Waals surface area contributed by atoms with E-state index in [0.717, 1.165) is 17.9 Å². The molecule has 0 fully saturated rings. The molecule has 2 heterocycles. The van der Waals surface area contributed by atoms with Crippen molar-refractivity contribution >= 4 is 81.5 Å². The van der Waals surface area contributed by atoms with E-state index < -0.39 is 11.9 Å². The summed E-state index contributed by atoms with van der Waals surface area (Å²) in [6, 6.07) is 7.80. The molecule has 3 rings (SSSR count). The van der Waals surface area contributed by atoms with Crippen molar-refractivity contribution in [3.8, 4) is 0 Å². The van der Waals surface area contributed by atoms with Gasteiger partial charge < -0.3 is 15.3 Å². The van der Waals surface area contributed by atoms with Gasteiger partial charge in [-0.1, -0.05) is 17.7 Å². The monoisotopic (exact) mass is 429 g/mol. The Labute approximate surface area is 195 Å². The Morgan fingerprint density at radius 2 is 2.07 bits per heavy atom. The van der Waals surface area contributed by atoms with E-state index in [1.54, 1.807) is 35.7 Å². The molecule has 0 atom stereocenters. The first-order valence-electron chi connectivity index (χ1n) is 8.44. The number of thiophene rings is 1. The van der Waals surface area contributed by atoms with Gasteiger partial charge in [-0.3, -0.25) is 4.79 Å². The van der Waals surface area contributed by atoms with Gasteiger partial charge in [0.1, 0.15) is 5.76 Å². The predicted octanol–water partition coefficient (Wildman–Crippen LogP) is 3.19. The van der Waals surface area contributed by atoms with Gasteiger partial charge in [-0.2, -0.15) is 0 Å². The van der Waals surface area contributed by atoms with Crippen molar-refractivity contribution in [2.45, 2.75) is 6.42 Å². The van der Waals surface area contributed by atoms with Gasteiger partial charge in [0.25, 0.3) is 5.91 Å². The van der Waals surface area contributed by atoms with Crippen LogP contribution in [0.2, 0.25) is 5.02 Å². The quantitative estimate of drug-likeness (QED) is 0.331. The number of fused-ring (bicyclic) bond motifs is 1. The molecule has 1 aliphatic heterocycles. The van der Waals surface area contributed by atoms with E-state index in [9.17, 15) is 14.7 Å². The van der Waals surface area contributed by atoms with Crippen molar-refractivity contribution in [2.24, 2.45) is 0 Å². The Balaban J connectivity index is 0.00000280. The second-order valence-electron chi connectivity index (χ2n) is 6.39. The van der Waals surface area contributed by atoms with E-state index in [1.165, 1.54) is 11.3 Å². The first-order chi connectivity index (χ1) is 12.9. The van der Waals surface area contributed by atoms with Gasteiger partial charge in [-0.25, -0.2) is 9.69 Å². The van der Waals surface area contributed by atoms with Gasteiger partial charge in [-0.15, -0.1) is 11.3 Å². The van der Waals surface area contributed by atoms with Gasteiger partial charge >= 0.3 is 35.6 Å². The number of anilines is 1. The fraction of sp³-hybridized carbons (Fsp3) is 0.263. The molecule has 0 saturated heterocycles. The van der Waals surface area contributed by atoms with Crippen LogP contribution in [0.5, 0.6) is 0 Å². The number of aliphatic hydroxyl groups excluding tert-OH is 1. The van der Waals surface area contributed by atoms with Gasteiger partial charge in [0.15, 0.2) is 0 Å². The third-order valence-corrected chi connectivity index (χ3v) is 5.25. The topological polar surface area (TPSA) is 72.9 Å². The van der Waals surface area contributed by atoms with Gasteiger partial charge in [0.05, 0.1) is 16.1 Å². The molecule has 0 aliphatic carbocycles. The zero-order valence-electron chi connectivity index (χ0n) is 15.0. The zero-order valence-corrected chi connectivity index (χ0v) is 16.6. The average Bonchev–Trinajstić information content (AvgIpc) is 3.23. The van der Waals surface area contributed by atoms with Crippen molar-refractivity contribution in [1.29, 1.82) is 0 Å². The second kappa shape index (κ2) is 9.91. The summed E-state index contributed by atoms with van der Waals surface area (Å²) in [6.45, 7) is 1.27.